The second-order valence-electron chi connectivity index (χ2n) is 7.41. The fourth-order valence-corrected chi connectivity index (χ4v) is 4.05. The molecule has 0 spiro atoms. The van der Waals surface area contributed by atoms with Crippen LogP contribution in [0, 0.1) is 0 Å². The Morgan fingerprint density at radius 3 is 2.64 bits per heavy atom. The molecular weight excluding hydrogens is 356 g/mol. The standard InChI is InChI=1S/C21H24N4O3/c1-23-13-15(18-4-2-3-5-19(18)23)6-7-20(26)24-10-8-17(9-11-24)25-14-16(12-22-25)21(27)28/h2-5,12-14,17H,6-11H2,1H3,(H,27,28). The third-order valence-corrected chi connectivity index (χ3v) is 5.63. The maximum atomic E-state index is 12.7. The smallest absolute Gasteiger partial charge is 0.338 e. The van der Waals surface area contributed by atoms with Crippen LogP contribution in [0.3, 0.4) is 0 Å². The van der Waals surface area contributed by atoms with E-state index in [0.717, 1.165) is 19.3 Å². The minimum Gasteiger partial charge on any atom is -0.478 e. The number of hydrogen-bond acceptors (Lipinski definition) is 3. The molecule has 4 rings (SSSR count). The zero-order valence-electron chi connectivity index (χ0n) is 15.9. The largest absolute Gasteiger partial charge is 0.478 e. The number of rotatable bonds is 5. The number of para-hydroxylation sites is 1. The van der Waals surface area contributed by atoms with Gasteiger partial charge in [0, 0.05) is 49.9 Å². The minimum absolute atomic E-state index is 0.148. The highest BCUT2D eigenvalue weighted by Crippen LogP contribution is 2.24. The highest BCUT2D eigenvalue weighted by molar-refractivity contribution is 5.87. The molecule has 146 valence electrons. The first-order valence-electron chi connectivity index (χ1n) is 9.61. The lowest BCUT2D eigenvalue weighted by Crippen LogP contribution is -2.39. The van der Waals surface area contributed by atoms with Crippen molar-refractivity contribution in [2.75, 3.05) is 13.1 Å². The molecule has 0 bridgehead atoms. The molecule has 3 aromatic rings. The van der Waals surface area contributed by atoms with Gasteiger partial charge in [-0.05, 0) is 30.9 Å². The molecule has 28 heavy (non-hydrogen) atoms. The van der Waals surface area contributed by atoms with Crippen LogP contribution in [0.15, 0.2) is 42.9 Å². The number of piperidine rings is 1. The first kappa shape index (κ1) is 18.3. The van der Waals surface area contributed by atoms with Crippen LogP contribution >= 0.6 is 0 Å². The maximum absolute atomic E-state index is 12.7. The number of likely N-dealkylation sites (tertiary alicyclic amines) is 1. The third kappa shape index (κ3) is 3.52. The molecule has 1 amide bonds. The summed E-state index contributed by atoms with van der Waals surface area (Å²) < 4.78 is 3.83. The molecule has 0 aliphatic carbocycles. The molecule has 0 unspecified atom stereocenters. The summed E-state index contributed by atoms with van der Waals surface area (Å²) >= 11 is 0. The van der Waals surface area contributed by atoms with Crippen molar-refractivity contribution < 1.29 is 14.7 Å². The molecule has 7 heteroatoms. The number of carboxylic acids is 1. The summed E-state index contributed by atoms with van der Waals surface area (Å²) in [5.74, 6) is -0.787. The summed E-state index contributed by atoms with van der Waals surface area (Å²) in [4.78, 5) is 25.6. The molecule has 1 saturated heterocycles. The fourth-order valence-electron chi connectivity index (χ4n) is 4.05. The molecule has 0 radical (unpaired) electrons. The van der Waals surface area contributed by atoms with E-state index in [1.807, 2.05) is 24.1 Å². The predicted octanol–water partition coefficient (Wildman–Crippen LogP) is 2.87. The van der Waals surface area contributed by atoms with E-state index in [1.54, 1.807) is 10.9 Å². The number of carboxylic acid groups (broad SMARTS) is 1. The average Bonchev–Trinajstić information content (AvgIpc) is 3.32. The van der Waals surface area contributed by atoms with Gasteiger partial charge in [0.15, 0.2) is 0 Å². The first-order valence-corrected chi connectivity index (χ1v) is 9.61. The second kappa shape index (κ2) is 7.50. The van der Waals surface area contributed by atoms with Gasteiger partial charge in [-0.2, -0.15) is 5.10 Å². The van der Waals surface area contributed by atoms with Crippen molar-refractivity contribution in [3.8, 4) is 0 Å². The lowest BCUT2D eigenvalue weighted by atomic mass is 10.0. The molecule has 2 aromatic heterocycles. The van der Waals surface area contributed by atoms with Crippen molar-refractivity contribution in [2.24, 2.45) is 7.05 Å². The van der Waals surface area contributed by atoms with Gasteiger partial charge in [-0.1, -0.05) is 18.2 Å². The zero-order chi connectivity index (χ0) is 19.7. The number of benzene rings is 1. The highest BCUT2D eigenvalue weighted by Gasteiger charge is 2.24. The molecule has 1 fully saturated rings. The lowest BCUT2D eigenvalue weighted by Gasteiger charge is -2.32. The molecule has 7 nitrogen and oxygen atoms in total. The average molecular weight is 380 g/mol. The van der Waals surface area contributed by atoms with Crippen LogP contribution in [-0.2, 0) is 18.3 Å². The van der Waals surface area contributed by atoms with Gasteiger partial charge in [-0.15, -0.1) is 0 Å². The Bertz CT molecular complexity index is 1010. The number of carbonyl (C=O) groups is 2. The Hall–Kier alpha value is -3.09. The Kier molecular flexibility index (Phi) is 4.90. The van der Waals surface area contributed by atoms with Gasteiger partial charge in [-0.3, -0.25) is 9.48 Å². The summed E-state index contributed by atoms with van der Waals surface area (Å²) in [6.45, 7) is 1.36. The Labute approximate surface area is 163 Å². The van der Waals surface area contributed by atoms with Crippen LogP contribution in [0.2, 0.25) is 0 Å². The van der Waals surface area contributed by atoms with E-state index in [4.69, 9.17) is 5.11 Å². The van der Waals surface area contributed by atoms with E-state index >= 15 is 0 Å². The molecule has 0 saturated carbocycles. The quantitative estimate of drug-likeness (QED) is 0.738. The lowest BCUT2D eigenvalue weighted by molar-refractivity contribution is -0.132. The third-order valence-electron chi connectivity index (χ3n) is 5.63. The Morgan fingerprint density at radius 2 is 1.93 bits per heavy atom. The summed E-state index contributed by atoms with van der Waals surface area (Å²) in [5.41, 5.74) is 2.60. The van der Waals surface area contributed by atoms with Gasteiger partial charge in [0.05, 0.1) is 17.8 Å². The molecule has 3 heterocycles. The van der Waals surface area contributed by atoms with E-state index in [2.05, 4.69) is 28.0 Å². The van der Waals surface area contributed by atoms with Gasteiger partial charge in [-0.25, -0.2) is 4.79 Å². The SMILES string of the molecule is Cn1cc(CCC(=O)N2CCC(n3cc(C(=O)O)cn3)CC2)c2ccccc21. The number of carbonyl (C=O) groups excluding carboxylic acids is 1. The second-order valence-corrected chi connectivity index (χ2v) is 7.41. The van der Waals surface area contributed by atoms with Crippen molar-refractivity contribution in [3.63, 3.8) is 0 Å². The van der Waals surface area contributed by atoms with Crippen LogP contribution in [-0.4, -0.2) is 49.3 Å². The number of aromatic carboxylic acids is 1. The van der Waals surface area contributed by atoms with Crippen molar-refractivity contribution in [3.05, 3.63) is 54.0 Å². The van der Waals surface area contributed by atoms with Gasteiger partial charge in [0.25, 0.3) is 0 Å². The number of aromatic nitrogens is 3. The summed E-state index contributed by atoms with van der Waals surface area (Å²) in [7, 11) is 2.03. The van der Waals surface area contributed by atoms with E-state index < -0.39 is 5.97 Å². The molecule has 1 N–H and O–H groups in total. The predicted molar refractivity (Wildman–Crippen MR) is 105 cm³/mol. The van der Waals surface area contributed by atoms with Crippen LogP contribution in [0.4, 0.5) is 0 Å². The number of hydrogen-bond donors (Lipinski definition) is 1. The maximum Gasteiger partial charge on any atom is 0.338 e. The van der Waals surface area contributed by atoms with E-state index in [9.17, 15) is 9.59 Å². The van der Waals surface area contributed by atoms with E-state index in [1.165, 1.54) is 22.7 Å². The first-order chi connectivity index (χ1) is 13.5. The molecular formula is C21H24N4O3. The Balaban J connectivity index is 1.33. The zero-order valence-corrected chi connectivity index (χ0v) is 15.9. The molecule has 1 aromatic carbocycles. The highest BCUT2D eigenvalue weighted by atomic mass is 16.4. The van der Waals surface area contributed by atoms with Crippen LogP contribution in [0.5, 0.6) is 0 Å². The van der Waals surface area contributed by atoms with E-state index in [-0.39, 0.29) is 17.5 Å². The number of aryl methyl sites for hydroxylation is 2. The van der Waals surface area contributed by atoms with Crippen LogP contribution < -0.4 is 0 Å². The summed E-state index contributed by atoms with van der Waals surface area (Å²) in [6, 6.07) is 8.41. The number of amides is 1. The van der Waals surface area contributed by atoms with Crippen molar-refractivity contribution in [1.82, 2.24) is 19.2 Å². The monoisotopic (exact) mass is 380 g/mol. The normalized spacial score (nSPS) is 15.2. The van der Waals surface area contributed by atoms with Gasteiger partial charge in [0.2, 0.25) is 5.91 Å². The summed E-state index contributed by atoms with van der Waals surface area (Å²) in [5, 5.41) is 14.4. The Morgan fingerprint density at radius 1 is 1.18 bits per heavy atom. The molecule has 1 aliphatic rings. The van der Waals surface area contributed by atoms with Gasteiger partial charge in [0.1, 0.15) is 0 Å². The fraction of sp³-hybridized carbons (Fsp3) is 0.381. The summed E-state index contributed by atoms with van der Waals surface area (Å²) in [6.07, 6.45) is 7.89. The van der Waals surface area contributed by atoms with Crippen molar-refractivity contribution in [1.29, 1.82) is 0 Å². The molecule has 0 atom stereocenters. The van der Waals surface area contributed by atoms with Crippen molar-refractivity contribution >= 4 is 22.8 Å². The van der Waals surface area contributed by atoms with Crippen LogP contribution in [0.1, 0.15) is 41.2 Å². The van der Waals surface area contributed by atoms with Crippen molar-refractivity contribution in [2.45, 2.75) is 31.7 Å². The topological polar surface area (TPSA) is 80.4 Å². The number of nitrogens with zero attached hydrogens (tertiary/aromatic N) is 4. The molecule has 1 aliphatic heterocycles. The van der Waals surface area contributed by atoms with Crippen LogP contribution in [0.25, 0.3) is 10.9 Å². The van der Waals surface area contributed by atoms with Gasteiger partial charge < -0.3 is 14.6 Å². The number of fused-ring (bicyclic) bond motifs is 1. The minimum atomic E-state index is -0.965. The van der Waals surface area contributed by atoms with Gasteiger partial charge >= 0.3 is 5.97 Å². The van der Waals surface area contributed by atoms with E-state index in [0.29, 0.717) is 19.5 Å².